The Bertz CT molecular complexity index is 329. The van der Waals surface area contributed by atoms with E-state index in [1.165, 1.54) is 0 Å². The molecule has 4 heteroatoms. The van der Waals surface area contributed by atoms with Crippen LogP contribution in [0.2, 0.25) is 0 Å². The van der Waals surface area contributed by atoms with Crippen LogP contribution in [0.25, 0.3) is 0 Å². The number of aromatic nitrogens is 1. The van der Waals surface area contributed by atoms with Gasteiger partial charge in [-0.2, -0.15) is 0 Å². The SMILES string of the molecule is Cc1nc(CC(C)C)oc1C(=O)CN. The Morgan fingerprint density at radius 3 is 2.71 bits per heavy atom. The third-order valence-electron chi connectivity index (χ3n) is 1.86. The molecule has 0 atom stereocenters. The van der Waals surface area contributed by atoms with Gasteiger partial charge >= 0.3 is 0 Å². The fourth-order valence-electron chi connectivity index (χ4n) is 1.24. The van der Waals surface area contributed by atoms with Crippen molar-refractivity contribution < 1.29 is 9.21 Å². The molecule has 2 N–H and O–H groups in total. The minimum atomic E-state index is -0.190. The van der Waals surface area contributed by atoms with E-state index in [1.54, 1.807) is 6.92 Å². The van der Waals surface area contributed by atoms with Gasteiger partial charge in [0.25, 0.3) is 0 Å². The first-order chi connectivity index (χ1) is 6.54. The Hall–Kier alpha value is -1.16. The molecule has 0 saturated heterocycles. The first-order valence-corrected chi connectivity index (χ1v) is 4.74. The van der Waals surface area contributed by atoms with E-state index in [4.69, 9.17) is 10.2 Å². The Morgan fingerprint density at radius 1 is 1.57 bits per heavy atom. The normalized spacial score (nSPS) is 10.9. The quantitative estimate of drug-likeness (QED) is 0.737. The maximum atomic E-state index is 11.3. The molecule has 1 rings (SSSR count). The second-order valence-electron chi connectivity index (χ2n) is 3.75. The number of carbonyl (C=O) groups is 1. The molecule has 78 valence electrons. The van der Waals surface area contributed by atoms with Crippen molar-refractivity contribution in [3.05, 3.63) is 17.3 Å². The Kier molecular flexibility index (Phi) is 3.41. The number of carbonyl (C=O) groups excluding carboxylic acids is 1. The van der Waals surface area contributed by atoms with E-state index in [-0.39, 0.29) is 12.3 Å². The van der Waals surface area contributed by atoms with Gasteiger partial charge in [0.15, 0.2) is 11.7 Å². The number of oxazole rings is 1. The number of ketones is 1. The molecule has 0 radical (unpaired) electrons. The van der Waals surface area contributed by atoms with Gasteiger partial charge in [-0.15, -0.1) is 0 Å². The van der Waals surface area contributed by atoms with E-state index in [1.807, 2.05) is 0 Å². The van der Waals surface area contributed by atoms with Gasteiger partial charge in [0.1, 0.15) is 0 Å². The molecular formula is C10H16N2O2. The van der Waals surface area contributed by atoms with Crippen molar-refractivity contribution in [2.45, 2.75) is 27.2 Å². The highest BCUT2D eigenvalue weighted by atomic mass is 16.4. The number of rotatable bonds is 4. The summed E-state index contributed by atoms with van der Waals surface area (Å²) in [5.74, 6) is 1.20. The first kappa shape index (κ1) is 10.9. The monoisotopic (exact) mass is 196 g/mol. The highest BCUT2D eigenvalue weighted by Gasteiger charge is 2.16. The zero-order chi connectivity index (χ0) is 10.7. The Labute approximate surface area is 83.5 Å². The fraction of sp³-hybridized carbons (Fsp3) is 0.600. The lowest BCUT2D eigenvalue weighted by molar-refractivity contribution is 0.0972. The standard InChI is InChI=1S/C10H16N2O2/c1-6(2)4-9-12-7(3)10(14-9)8(13)5-11/h6H,4-5,11H2,1-3H3. The third kappa shape index (κ3) is 2.42. The van der Waals surface area contributed by atoms with Gasteiger partial charge in [-0.1, -0.05) is 13.8 Å². The van der Waals surface area contributed by atoms with Crippen LogP contribution >= 0.6 is 0 Å². The fourth-order valence-corrected chi connectivity index (χ4v) is 1.24. The number of nitrogens with two attached hydrogens (primary N) is 1. The van der Waals surface area contributed by atoms with Gasteiger partial charge < -0.3 is 10.2 Å². The lowest BCUT2D eigenvalue weighted by atomic mass is 10.1. The van der Waals surface area contributed by atoms with E-state index in [0.29, 0.717) is 23.3 Å². The van der Waals surface area contributed by atoms with Crippen LogP contribution in [0.5, 0.6) is 0 Å². The summed E-state index contributed by atoms with van der Waals surface area (Å²) in [5.41, 5.74) is 5.88. The molecule has 0 aliphatic carbocycles. The lowest BCUT2D eigenvalue weighted by Gasteiger charge is -1.97. The summed E-state index contributed by atoms with van der Waals surface area (Å²) in [4.78, 5) is 15.5. The molecule has 1 aromatic heterocycles. The van der Waals surface area contributed by atoms with Gasteiger partial charge in [0.05, 0.1) is 12.2 Å². The van der Waals surface area contributed by atoms with Crippen LogP contribution in [0.3, 0.4) is 0 Å². The summed E-state index contributed by atoms with van der Waals surface area (Å²) in [7, 11) is 0. The lowest BCUT2D eigenvalue weighted by Crippen LogP contribution is -2.13. The summed E-state index contributed by atoms with van der Waals surface area (Å²) in [6.45, 7) is 5.88. The van der Waals surface area contributed by atoms with E-state index in [2.05, 4.69) is 18.8 Å². The smallest absolute Gasteiger partial charge is 0.213 e. The molecule has 0 bridgehead atoms. The molecule has 14 heavy (non-hydrogen) atoms. The highest BCUT2D eigenvalue weighted by Crippen LogP contribution is 2.13. The second kappa shape index (κ2) is 4.37. The van der Waals surface area contributed by atoms with Crippen LogP contribution in [-0.4, -0.2) is 17.3 Å². The summed E-state index contributed by atoms with van der Waals surface area (Å²) in [6, 6.07) is 0. The van der Waals surface area contributed by atoms with Crippen molar-refractivity contribution in [1.29, 1.82) is 0 Å². The summed E-state index contributed by atoms with van der Waals surface area (Å²) in [6.07, 6.45) is 0.749. The molecule has 0 unspecified atom stereocenters. The number of aryl methyl sites for hydroxylation is 1. The molecule has 0 aliphatic rings. The van der Waals surface area contributed by atoms with Gasteiger partial charge in [-0.3, -0.25) is 4.79 Å². The number of hydrogen-bond acceptors (Lipinski definition) is 4. The van der Waals surface area contributed by atoms with Crippen LogP contribution in [-0.2, 0) is 6.42 Å². The van der Waals surface area contributed by atoms with Crippen LogP contribution < -0.4 is 5.73 Å². The third-order valence-corrected chi connectivity index (χ3v) is 1.86. The Morgan fingerprint density at radius 2 is 2.21 bits per heavy atom. The van der Waals surface area contributed by atoms with E-state index < -0.39 is 0 Å². The predicted molar refractivity (Wildman–Crippen MR) is 53.2 cm³/mol. The number of hydrogen-bond donors (Lipinski definition) is 1. The van der Waals surface area contributed by atoms with Crippen LogP contribution in [0.15, 0.2) is 4.42 Å². The van der Waals surface area contributed by atoms with Gasteiger partial charge in [0.2, 0.25) is 5.78 Å². The van der Waals surface area contributed by atoms with Gasteiger partial charge in [0, 0.05) is 6.42 Å². The Balaban J connectivity index is 2.87. The molecule has 0 fully saturated rings. The topological polar surface area (TPSA) is 69.1 Å². The minimum absolute atomic E-state index is 0.0306. The van der Waals surface area contributed by atoms with Crippen molar-refractivity contribution in [3.8, 4) is 0 Å². The van der Waals surface area contributed by atoms with Crippen molar-refractivity contribution in [3.63, 3.8) is 0 Å². The highest BCUT2D eigenvalue weighted by molar-refractivity contribution is 5.95. The molecule has 0 saturated carbocycles. The second-order valence-corrected chi connectivity index (χ2v) is 3.75. The van der Waals surface area contributed by atoms with E-state index >= 15 is 0 Å². The van der Waals surface area contributed by atoms with Gasteiger partial charge in [-0.25, -0.2) is 4.98 Å². The average molecular weight is 196 g/mol. The molecule has 0 spiro atoms. The minimum Gasteiger partial charge on any atom is -0.437 e. The average Bonchev–Trinajstić information content (AvgIpc) is 2.44. The summed E-state index contributed by atoms with van der Waals surface area (Å²) < 4.78 is 5.34. The van der Waals surface area contributed by atoms with Crippen molar-refractivity contribution >= 4 is 5.78 Å². The molecular weight excluding hydrogens is 180 g/mol. The molecule has 0 aromatic carbocycles. The maximum absolute atomic E-state index is 11.3. The van der Waals surface area contributed by atoms with Crippen molar-refractivity contribution in [2.75, 3.05) is 6.54 Å². The van der Waals surface area contributed by atoms with Crippen LogP contribution in [0, 0.1) is 12.8 Å². The molecule has 1 heterocycles. The first-order valence-electron chi connectivity index (χ1n) is 4.74. The zero-order valence-electron chi connectivity index (χ0n) is 8.83. The van der Waals surface area contributed by atoms with Crippen molar-refractivity contribution in [2.24, 2.45) is 11.7 Å². The summed E-state index contributed by atoms with van der Waals surface area (Å²) in [5, 5.41) is 0. The molecule has 1 aromatic rings. The van der Waals surface area contributed by atoms with Crippen LogP contribution in [0.1, 0.15) is 36.0 Å². The largest absolute Gasteiger partial charge is 0.437 e. The summed E-state index contributed by atoms with van der Waals surface area (Å²) >= 11 is 0. The maximum Gasteiger partial charge on any atom is 0.213 e. The van der Waals surface area contributed by atoms with Crippen molar-refractivity contribution in [1.82, 2.24) is 4.98 Å². The van der Waals surface area contributed by atoms with E-state index in [9.17, 15) is 4.79 Å². The molecule has 0 aliphatic heterocycles. The number of nitrogens with zero attached hydrogens (tertiary/aromatic N) is 1. The van der Waals surface area contributed by atoms with E-state index in [0.717, 1.165) is 6.42 Å². The van der Waals surface area contributed by atoms with Gasteiger partial charge in [-0.05, 0) is 12.8 Å². The molecule has 4 nitrogen and oxygen atoms in total. The number of Topliss-reactive ketones (excluding diaryl/α,β-unsaturated/α-hetero) is 1. The molecule has 0 amide bonds. The van der Waals surface area contributed by atoms with Crippen LogP contribution in [0.4, 0.5) is 0 Å². The zero-order valence-corrected chi connectivity index (χ0v) is 8.83. The predicted octanol–water partition coefficient (Wildman–Crippen LogP) is 1.32.